The Hall–Kier alpha value is -6.74. The standard InChI is InChI=1S/C61H47NS/c1-60(2)52-27-9-6-22-46(52)50-26-15-24-43(58(50)60)40-18-14-19-41(37-40)62(42-32-34-47-45-21-7-10-28-53(45)61(54(47)38-42)35-12-3-13-36-61)55-29-11-8-23-48(55)49-25-16-30-56-57(49)51-33-31-39-17-4-5-20-44(39)59(51)63-56/h4-11,14-34,37-38H,3,12-13,35-36H2,1-2H3. The molecule has 13 rings (SSSR count). The highest BCUT2D eigenvalue weighted by Crippen LogP contribution is 2.58. The number of para-hydroxylation sites is 1. The molecule has 1 spiro atoms. The molecule has 1 aromatic heterocycles. The molecular formula is C61H47NS. The minimum Gasteiger partial charge on any atom is -0.310 e. The first kappa shape index (κ1) is 36.9. The predicted octanol–water partition coefficient (Wildman–Crippen LogP) is 17.5. The third-order valence-corrected chi connectivity index (χ3v) is 16.2. The molecule has 302 valence electrons. The van der Waals surface area contributed by atoms with E-state index < -0.39 is 0 Å². The van der Waals surface area contributed by atoms with Crippen molar-refractivity contribution in [1.29, 1.82) is 0 Å². The van der Waals surface area contributed by atoms with Gasteiger partial charge in [-0.15, -0.1) is 11.3 Å². The molecule has 63 heavy (non-hydrogen) atoms. The highest BCUT2D eigenvalue weighted by atomic mass is 32.1. The molecule has 0 aliphatic heterocycles. The Kier molecular flexibility index (Phi) is 8.12. The van der Waals surface area contributed by atoms with Gasteiger partial charge < -0.3 is 4.90 Å². The van der Waals surface area contributed by atoms with Gasteiger partial charge in [-0.1, -0.05) is 185 Å². The van der Waals surface area contributed by atoms with E-state index in [2.05, 4.69) is 207 Å². The van der Waals surface area contributed by atoms with Crippen molar-refractivity contribution in [2.75, 3.05) is 4.90 Å². The van der Waals surface area contributed by atoms with Crippen molar-refractivity contribution in [2.45, 2.75) is 56.8 Å². The number of thiophene rings is 1. The molecule has 1 saturated carbocycles. The highest BCUT2D eigenvalue weighted by molar-refractivity contribution is 7.26. The van der Waals surface area contributed by atoms with Crippen LogP contribution >= 0.6 is 11.3 Å². The molecule has 10 aromatic rings. The molecular weight excluding hydrogens is 779 g/mol. The zero-order chi connectivity index (χ0) is 41.9. The minimum atomic E-state index is -0.124. The monoisotopic (exact) mass is 825 g/mol. The van der Waals surface area contributed by atoms with Crippen LogP contribution in [0.25, 0.3) is 75.5 Å². The fourth-order valence-electron chi connectivity index (χ4n) is 12.3. The molecule has 1 nitrogen and oxygen atoms in total. The van der Waals surface area contributed by atoms with Crippen LogP contribution in [0.15, 0.2) is 188 Å². The Balaban J connectivity index is 1.05. The van der Waals surface area contributed by atoms with Crippen molar-refractivity contribution in [3.05, 3.63) is 210 Å². The van der Waals surface area contributed by atoms with Crippen molar-refractivity contribution in [2.24, 2.45) is 0 Å². The van der Waals surface area contributed by atoms with Gasteiger partial charge in [-0.2, -0.15) is 0 Å². The maximum atomic E-state index is 2.58. The number of benzene rings is 9. The van der Waals surface area contributed by atoms with E-state index in [1.54, 1.807) is 0 Å². The maximum Gasteiger partial charge on any atom is 0.0540 e. The lowest BCUT2D eigenvalue weighted by Gasteiger charge is -2.37. The van der Waals surface area contributed by atoms with Crippen molar-refractivity contribution in [3.63, 3.8) is 0 Å². The summed E-state index contributed by atoms with van der Waals surface area (Å²) in [6.07, 6.45) is 6.25. The molecule has 0 bridgehead atoms. The van der Waals surface area contributed by atoms with Gasteiger partial charge in [0.2, 0.25) is 0 Å². The van der Waals surface area contributed by atoms with Crippen LogP contribution in [-0.4, -0.2) is 0 Å². The van der Waals surface area contributed by atoms with E-state index in [1.807, 2.05) is 11.3 Å². The fourth-order valence-corrected chi connectivity index (χ4v) is 13.5. The molecule has 0 atom stereocenters. The zero-order valence-electron chi connectivity index (χ0n) is 35.8. The largest absolute Gasteiger partial charge is 0.310 e. The van der Waals surface area contributed by atoms with Crippen LogP contribution in [0.2, 0.25) is 0 Å². The highest BCUT2D eigenvalue weighted by Gasteiger charge is 2.44. The number of fused-ring (bicyclic) bond motifs is 13. The van der Waals surface area contributed by atoms with Gasteiger partial charge in [0.05, 0.1) is 5.69 Å². The summed E-state index contributed by atoms with van der Waals surface area (Å²) in [5.74, 6) is 0. The number of nitrogens with zero attached hydrogens (tertiary/aromatic N) is 1. The van der Waals surface area contributed by atoms with E-state index in [-0.39, 0.29) is 10.8 Å². The van der Waals surface area contributed by atoms with E-state index >= 15 is 0 Å². The van der Waals surface area contributed by atoms with Gasteiger partial charge >= 0.3 is 0 Å². The summed E-state index contributed by atoms with van der Waals surface area (Å²) in [5.41, 5.74) is 19.9. The molecule has 3 aliphatic rings. The number of anilines is 3. The lowest BCUT2D eigenvalue weighted by atomic mass is 9.68. The van der Waals surface area contributed by atoms with Crippen LogP contribution in [0.4, 0.5) is 17.1 Å². The van der Waals surface area contributed by atoms with Gasteiger partial charge in [0.1, 0.15) is 0 Å². The number of hydrogen-bond donors (Lipinski definition) is 0. The van der Waals surface area contributed by atoms with Crippen molar-refractivity contribution in [1.82, 2.24) is 0 Å². The summed E-state index contributed by atoms with van der Waals surface area (Å²) in [7, 11) is 0. The maximum absolute atomic E-state index is 2.58. The smallest absolute Gasteiger partial charge is 0.0540 e. The molecule has 0 N–H and O–H groups in total. The first-order chi connectivity index (χ1) is 31.0. The van der Waals surface area contributed by atoms with E-state index in [0.29, 0.717) is 0 Å². The quantitative estimate of drug-likeness (QED) is 0.167. The normalized spacial score (nSPS) is 15.4. The Morgan fingerprint density at radius 3 is 1.97 bits per heavy atom. The van der Waals surface area contributed by atoms with E-state index in [9.17, 15) is 0 Å². The molecule has 0 amide bonds. The lowest BCUT2D eigenvalue weighted by molar-refractivity contribution is 0.353. The topological polar surface area (TPSA) is 3.24 Å². The van der Waals surface area contributed by atoms with Crippen LogP contribution in [-0.2, 0) is 10.8 Å². The number of rotatable bonds is 5. The third-order valence-electron chi connectivity index (χ3n) is 15.0. The second kappa shape index (κ2) is 13.9. The average Bonchev–Trinajstić information content (AvgIpc) is 3.93. The minimum absolute atomic E-state index is 0.0440. The molecule has 2 heteroatoms. The van der Waals surface area contributed by atoms with Crippen LogP contribution in [0, 0.1) is 0 Å². The van der Waals surface area contributed by atoms with Gasteiger partial charge in [-0.3, -0.25) is 0 Å². The van der Waals surface area contributed by atoms with Crippen molar-refractivity contribution >= 4 is 59.3 Å². The van der Waals surface area contributed by atoms with Crippen LogP contribution in [0.5, 0.6) is 0 Å². The molecule has 1 fully saturated rings. The molecule has 3 aliphatic carbocycles. The van der Waals surface area contributed by atoms with E-state index in [0.717, 1.165) is 5.69 Å². The first-order valence-electron chi connectivity index (χ1n) is 22.8. The first-order valence-corrected chi connectivity index (χ1v) is 23.6. The second-order valence-corrected chi connectivity index (χ2v) is 19.7. The van der Waals surface area contributed by atoms with Gasteiger partial charge in [0.25, 0.3) is 0 Å². The van der Waals surface area contributed by atoms with Gasteiger partial charge in [0, 0.05) is 47.9 Å². The van der Waals surface area contributed by atoms with Gasteiger partial charge in [-0.05, 0) is 121 Å². The van der Waals surface area contributed by atoms with Crippen molar-refractivity contribution < 1.29 is 0 Å². The molecule has 9 aromatic carbocycles. The van der Waals surface area contributed by atoms with Gasteiger partial charge in [0.15, 0.2) is 0 Å². The Morgan fingerprint density at radius 1 is 0.444 bits per heavy atom. The van der Waals surface area contributed by atoms with E-state index in [1.165, 1.54) is 141 Å². The summed E-state index contributed by atoms with van der Waals surface area (Å²) in [6.45, 7) is 4.80. The number of hydrogen-bond acceptors (Lipinski definition) is 2. The molecule has 0 radical (unpaired) electrons. The molecule has 0 unspecified atom stereocenters. The van der Waals surface area contributed by atoms with Gasteiger partial charge in [-0.25, -0.2) is 0 Å². The fraction of sp³-hybridized carbons (Fsp3) is 0.148. The Morgan fingerprint density at radius 2 is 1.10 bits per heavy atom. The molecule has 1 heterocycles. The summed E-state index contributed by atoms with van der Waals surface area (Å²) in [4.78, 5) is 2.57. The summed E-state index contributed by atoms with van der Waals surface area (Å²) < 4.78 is 2.67. The van der Waals surface area contributed by atoms with Crippen molar-refractivity contribution in [3.8, 4) is 44.5 Å². The SMILES string of the molecule is CC1(C)c2ccccc2-c2cccc(-c3cccc(N(c4ccc5c(c4)C4(CCCCC4)c4ccccc4-5)c4ccccc4-c4cccc5sc6c7ccccc7ccc6c45)c3)c21. The van der Waals surface area contributed by atoms with Crippen LogP contribution < -0.4 is 4.90 Å². The lowest BCUT2D eigenvalue weighted by Crippen LogP contribution is -2.28. The summed E-state index contributed by atoms with van der Waals surface area (Å²) >= 11 is 1.92. The van der Waals surface area contributed by atoms with E-state index in [4.69, 9.17) is 0 Å². The second-order valence-electron chi connectivity index (χ2n) is 18.7. The average molecular weight is 826 g/mol. The summed E-state index contributed by atoms with van der Waals surface area (Å²) in [5, 5.41) is 5.26. The third kappa shape index (κ3) is 5.34. The predicted molar refractivity (Wildman–Crippen MR) is 269 cm³/mol. The zero-order valence-corrected chi connectivity index (χ0v) is 36.6. The van der Waals surface area contributed by atoms with Crippen LogP contribution in [0.1, 0.15) is 68.2 Å². The van der Waals surface area contributed by atoms with Crippen LogP contribution in [0.3, 0.4) is 0 Å². The Labute approximate surface area is 373 Å². The Bertz CT molecular complexity index is 3490. The summed E-state index contributed by atoms with van der Waals surface area (Å²) in [6, 6.07) is 71.5. The molecule has 0 saturated heterocycles.